The van der Waals surface area contributed by atoms with Gasteiger partial charge in [0.15, 0.2) is 0 Å². The molecular weight excluding hydrogens is 280 g/mol. The molecule has 1 aliphatic rings. The van der Waals surface area contributed by atoms with Crippen LogP contribution in [0.15, 0.2) is 22.7 Å². The van der Waals surface area contributed by atoms with Crippen LogP contribution < -0.4 is 4.74 Å². The summed E-state index contributed by atoms with van der Waals surface area (Å²) in [4.78, 5) is 4.85. The first kappa shape index (κ1) is 12.9. The highest BCUT2D eigenvalue weighted by molar-refractivity contribution is 9.10. The van der Waals surface area contributed by atoms with E-state index < -0.39 is 0 Å². The summed E-state index contributed by atoms with van der Waals surface area (Å²) in [5.41, 5.74) is 1.26. The van der Waals surface area contributed by atoms with Crippen LogP contribution in [0.3, 0.4) is 0 Å². The summed E-state index contributed by atoms with van der Waals surface area (Å²) in [6.45, 7) is 5.53. The van der Waals surface area contributed by atoms with E-state index in [-0.39, 0.29) is 0 Å². The SMILES string of the molecule is COc1c(Br)cccc1CN1CCN(C)CC1. The third kappa shape index (κ3) is 3.21. The second kappa shape index (κ2) is 5.85. The van der Waals surface area contributed by atoms with E-state index in [9.17, 15) is 0 Å². The van der Waals surface area contributed by atoms with Crippen LogP contribution in [0.25, 0.3) is 0 Å². The van der Waals surface area contributed by atoms with Gasteiger partial charge in [0.25, 0.3) is 0 Å². The fraction of sp³-hybridized carbons (Fsp3) is 0.538. The number of piperazine rings is 1. The van der Waals surface area contributed by atoms with Crippen molar-refractivity contribution in [3.63, 3.8) is 0 Å². The number of halogens is 1. The molecule has 0 N–H and O–H groups in total. The van der Waals surface area contributed by atoms with Crippen LogP contribution >= 0.6 is 15.9 Å². The van der Waals surface area contributed by atoms with Gasteiger partial charge in [0.2, 0.25) is 0 Å². The van der Waals surface area contributed by atoms with Crippen molar-refractivity contribution >= 4 is 15.9 Å². The van der Waals surface area contributed by atoms with Gasteiger partial charge >= 0.3 is 0 Å². The zero-order chi connectivity index (χ0) is 12.3. The van der Waals surface area contributed by atoms with Crippen molar-refractivity contribution < 1.29 is 4.74 Å². The molecule has 0 atom stereocenters. The van der Waals surface area contributed by atoms with Crippen LogP contribution in [-0.2, 0) is 6.54 Å². The van der Waals surface area contributed by atoms with Crippen molar-refractivity contribution in [1.82, 2.24) is 9.80 Å². The maximum Gasteiger partial charge on any atom is 0.137 e. The highest BCUT2D eigenvalue weighted by Gasteiger charge is 2.16. The molecule has 0 amide bonds. The zero-order valence-electron chi connectivity index (χ0n) is 10.4. The molecule has 3 nitrogen and oxygen atoms in total. The third-order valence-electron chi connectivity index (χ3n) is 3.24. The van der Waals surface area contributed by atoms with Gasteiger partial charge in [-0.15, -0.1) is 0 Å². The number of methoxy groups -OCH3 is 1. The summed E-state index contributed by atoms with van der Waals surface area (Å²) in [7, 11) is 3.91. The monoisotopic (exact) mass is 298 g/mol. The van der Waals surface area contributed by atoms with Crippen molar-refractivity contribution in [3.8, 4) is 5.75 Å². The first-order valence-electron chi connectivity index (χ1n) is 5.93. The van der Waals surface area contributed by atoms with Gasteiger partial charge in [0.05, 0.1) is 11.6 Å². The Hall–Kier alpha value is -0.580. The predicted octanol–water partition coefficient (Wildman–Crippen LogP) is 2.21. The first-order chi connectivity index (χ1) is 8.20. The van der Waals surface area contributed by atoms with E-state index in [4.69, 9.17) is 4.74 Å². The Labute approximate surface area is 111 Å². The van der Waals surface area contributed by atoms with Crippen LogP contribution in [0.4, 0.5) is 0 Å². The zero-order valence-corrected chi connectivity index (χ0v) is 12.0. The number of para-hydroxylation sites is 1. The average Bonchev–Trinajstić information content (AvgIpc) is 2.32. The number of hydrogen-bond donors (Lipinski definition) is 0. The van der Waals surface area contributed by atoms with Crippen LogP contribution in [0.1, 0.15) is 5.56 Å². The lowest BCUT2D eigenvalue weighted by atomic mass is 10.1. The molecule has 1 aromatic rings. The minimum atomic E-state index is 0.964. The smallest absolute Gasteiger partial charge is 0.137 e. The standard InChI is InChI=1S/C13H19BrN2O/c1-15-6-8-16(9-7-15)10-11-4-3-5-12(14)13(11)17-2/h3-5H,6-10H2,1-2H3. The second-order valence-electron chi connectivity index (χ2n) is 4.51. The number of hydrogen-bond acceptors (Lipinski definition) is 3. The third-order valence-corrected chi connectivity index (χ3v) is 3.87. The fourth-order valence-electron chi connectivity index (χ4n) is 2.15. The summed E-state index contributed by atoms with van der Waals surface area (Å²) < 4.78 is 6.49. The van der Waals surface area contributed by atoms with E-state index in [1.165, 1.54) is 5.56 Å². The van der Waals surface area contributed by atoms with Crippen LogP contribution in [0.2, 0.25) is 0 Å². The number of rotatable bonds is 3. The summed E-state index contributed by atoms with van der Waals surface area (Å²) in [6.07, 6.45) is 0. The Morgan fingerprint density at radius 3 is 2.59 bits per heavy atom. The second-order valence-corrected chi connectivity index (χ2v) is 5.37. The Morgan fingerprint density at radius 2 is 1.94 bits per heavy atom. The Kier molecular flexibility index (Phi) is 4.42. The molecule has 0 saturated carbocycles. The normalized spacial score (nSPS) is 18.3. The molecule has 1 saturated heterocycles. The van der Waals surface area contributed by atoms with Gasteiger partial charge in [-0.1, -0.05) is 12.1 Å². The molecule has 94 valence electrons. The Balaban J connectivity index is 2.05. The van der Waals surface area contributed by atoms with Crippen molar-refractivity contribution in [2.24, 2.45) is 0 Å². The summed E-state index contributed by atoms with van der Waals surface area (Å²) in [5.74, 6) is 0.964. The van der Waals surface area contributed by atoms with Crippen LogP contribution in [0.5, 0.6) is 5.75 Å². The molecule has 0 spiro atoms. The van der Waals surface area contributed by atoms with E-state index in [0.29, 0.717) is 0 Å². The van der Waals surface area contributed by atoms with Gasteiger partial charge in [-0.25, -0.2) is 0 Å². The largest absolute Gasteiger partial charge is 0.495 e. The minimum Gasteiger partial charge on any atom is -0.495 e. The topological polar surface area (TPSA) is 15.7 Å². The predicted molar refractivity (Wildman–Crippen MR) is 73.5 cm³/mol. The molecule has 0 radical (unpaired) electrons. The average molecular weight is 299 g/mol. The van der Waals surface area contributed by atoms with Crippen molar-refractivity contribution in [1.29, 1.82) is 0 Å². The summed E-state index contributed by atoms with van der Waals surface area (Å²) in [6, 6.07) is 6.23. The lowest BCUT2D eigenvalue weighted by Crippen LogP contribution is -2.43. The molecule has 1 aromatic carbocycles. The summed E-state index contributed by atoms with van der Waals surface area (Å²) in [5, 5.41) is 0. The van der Waals surface area contributed by atoms with Crippen molar-refractivity contribution in [3.05, 3.63) is 28.2 Å². The molecule has 0 bridgehead atoms. The number of nitrogens with zero attached hydrogens (tertiary/aromatic N) is 2. The number of ether oxygens (including phenoxy) is 1. The summed E-state index contributed by atoms with van der Waals surface area (Å²) >= 11 is 3.53. The van der Waals surface area contributed by atoms with Crippen LogP contribution in [-0.4, -0.2) is 50.1 Å². The lowest BCUT2D eigenvalue weighted by molar-refractivity contribution is 0.147. The van der Waals surface area contributed by atoms with E-state index >= 15 is 0 Å². The number of likely N-dealkylation sites (N-methyl/N-ethyl adjacent to an activating group) is 1. The van der Waals surface area contributed by atoms with Crippen LogP contribution in [0, 0.1) is 0 Å². The highest BCUT2D eigenvalue weighted by Crippen LogP contribution is 2.29. The fourth-order valence-corrected chi connectivity index (χ4v) is 2.72. The maximum absolute atomic E-state index is 5.45. The molecule has 0 unspecified atom stereocenters. The molecule has 17 heavy (non-hydrogen) atoms. The molecular formula is C13H19BrN2O. The van der Waals surface area contributed by atoms with E-state index in [2.05, 4.69) is 44.9 Å². The number of benzene rings is 1. The highest BCUT2D eigenvalue weighted by atomic mass is 79.9. The molecule has 4 heteroatoms. The molecule has 1 fully saturated rings. The Morgan fingerprint density at radius 1 is 1.24 bits per heavy atom. The molecule has 0 aliphatic carbocycles. The van der Waals surface area contributed by atoms with Crippen molar-refractivity contribution in [2.45, 2.75) is 6.54 Å². The molecule has 2 rings (SSSR count). The van der Waals surface area contributed by atoms with E-state index in [1.54, 1.807) is 7.11 Å². The van der Waals surface area contributed by atoms with Gasteiger partial charge < -0.3 is 9.64 Å². The van der Waals surface area contributed by atoms with E-state index in [0.717, 1.165) is 42.9 Å². The lowest BCUT2D eigenvalue weighted by Gasteiger charge is -2.32. The maximum atomic E-state index is 5.45. The molecule has 0 aromatic heterocycles. The quantitative estimate of drug-likeness (QED) is 0.851. The van der Waals surface area contributed by atoms with Gasteiger partial charge in [-0.05, 0) is 29.0 Å². The van der Waals surface area contributed by atoms with Gasteiger partial charge in [-0.2, -0.15) is 0 Å². The first-order valence-corrected chi connectivity index (χ1v) is 6.72. The van der Waals surface area contributed by atoms with Gasteiger partial charge in [-0.3, -0.25) is 4.90 Å². The molecule has 1 aliphatic heterocycles. The van der Waals surface area contributed by atoms with Gasteiger partial charge in [0.1, 0.15) is 5.75 Å². The van der Waals surface area contributed by atoms with Gasteiger partial charge in [0, 0.05) is 38.3 Å². The Bertz CT molecular complexity index is 376. The minimum absolute atomic E-state index is 0.964. The van der Waals surface area contributed by atoms with E-state index in [1.807, 2.05) is 6.07 Å². The van der Waals surface area contributed by atoms with Crippen molar-refractivity contribution in [2.75, 3.05) is 40.3 Å². The molecule has 1 heterocycles.